The SMILES string of the molecule is C=CC[N-][NH3+]. The maximum atomic E-state index is 3.49. The van der Waals surface area contributed by atoms with Gasteiger partial charge in [0.2, 0.25) is 0 Å². The van der Waals surface area contributed by atoms with Crippen molar-refractivity contribution in [2.75, 3.05) is 6.54 Å². The molecule has 0 rings (SSSR count). The molecule has 0 radical (unpaired) electrons. The molecule has 0 aliphatic heterocycles. The Kier molecular flexibility index (Phi) is 3.41. The third kappa shape index (κ3) is 3.66. The lowest BCUT2D eigenvalue weighted by Gasteiger charge is -1.94. The lowest BCUT2D eigenvalue weighted by Crippen LogP contribution is -2.42. The minimum atomic E-state index is 0.667. The molecule has 30 valence electrons. The first-order valence-electron chi connectivity index (χ1n) is 1.45. The highest BCUT2D eigenvalue weighted by Gasteiger charge is 1.45. The number of hydrogen-bond donors (Lipinski definition) is 1. The molecule has 0 bridgehead atoms. The van der Waals surface area contributed by atoms with Crippen LogP contribution in [-0.4, -0.2) is 6.54 Å². The van der Waals surface area contributed by atoms with Gasteiger partial charge in [0.15, 0.2) is 0 Å². The number of nitrogens with zero attached hydrogens (tertiary/aromatic N) is 1. The van der Waals surface area contributed by atoms with Gasteiger partial charge in [0, 0.05) is 0 Å². The summed E-state index contributed by atoms with van der Waals surface area (Å²) in [6.45, 7) is 4.08. The van der Waals surface area contributed by atoms with E-state index in [1.165, 1.54) is 0 Å². The molecule has 2 nitrogen and oxygen atoms in total. The normalized spacial score (nSPS) is 7.40. The van der Waals surface area contributed by atoms with Gasteiger partial charge in [-0.05, 0) is 0 Å². The molecule has 3 N–H and O–H groups in total. The quantitative estimate of drug-likeness (QED) is 0.344. The van der Waals surface area contributed by atoms with Crippen molar-refractivity contribution >= 4 is 0 Å². The van der Waals surface area contributed by atoms with Gasteiger partial charge in [0.05, 0.1) is 0 Å². The van der Waals surface area contributed by atoms with E-state index in [2.05, 4.69) is 17.8 Å². The fourth-order valence-electron chi connectivity index (χ4n) is 0.0913. The molecule has 0 spiro atoms. The summed E-state index contributed by atoms with van der Waals surface area (Å²) in [5, 5.41) is 0. The monoisotopic (exact) mass is 72.1 g/mol. The van der Waals surface area contributed by atoms with E-state index in [9.17, 15) is 0 Å². The molecule has 0 heterocycles. The summed E-state index contributed by atoms with van der Waals surface area (Å²) >= 11 is 0. The van der Waals surface area contributed by atoms with Crippen LogP contribution in [0.3, 0.4) is 0 Å². The predicted octanol–water partition coefficient (Wildman–Crippen LogP) is -0.297. The zero-order chi connectivity index (χ0) is 4.12. The summed E-state index contributed by atoms with van der Waals surface area (Å²) in [6, 6.07) is 0. The van der Waals surface area contributed by atoms with Crippen LogP contribution >= 0.6 is 0 Å². The van der Waals surface area contributed by atoms with Crippen LogP contribution in [0.2, 0.25) is 0 Å². The van der Waals surface area contributed by atoms with E-state index >= 15 is 0 Å². The molecule has 0 aromatic rings. The van der Waals surface area contributed by atoms with E-state index in [1.54, 1.807) is 6.08 Å². The van der Waals surface area contributed by atoms with Crippen LogP contribution in [0.1, 0.15) is 0 Å². The molecular formula is C3H8N2. The van der Waals surface area contributed by atoms with Gasteiger partial charge in [0.1, 0.15) is 0 Å². The Morgan fingerprint density at radius 2 is 2.60 bits per heavy atom. The van der Waals surface area contributed by atoms with Crippen LogP contribution in [0, 0.1) is 0 Å². The fourth-order valence-corrected chi connectivity index (χ4v) is 0.0913. The molecule has 0 unspecified atom stereocenters. The molecule has 0 saturated carbocycles. The van der Waals surface area contributed by atoms with Crippen molar-refractivity contribution in [3.05, 3.63) is 18.1 Å². The van der Waals surface area contributed by atoms with Crippen LogP contribution in [0.4, 0.5) is 0 Å². The Morgan fingerprint density at radius 1 is 2.00 bits per heavy atom. The molecule has 5 heavy (non-hydrogen) atoms. The van der Waals surface area contributed by atoms with Crippen LogP contribution in [-0.2, 0) is 0 Å². The summed E-state index contributed by atoms with van der Waals surface area (Å²) < 4.78 is 0. The first kappa shape index (κ1) is 4.66. The molecule has 0 fully saturated rings. The Hall–Kier alpha value is -0.340. The molecule has 0 atom stereocenters. The highest BCUT2D eigenvalue weighted by molar-refractivity contribution is 4.77. The highest BCUT2D eigenvalue weighted by atomic mass is 15.2. The van der Waals surface area contributed by atoms with Crippen LogP contribution in [0.25, 0.3) is 5.43 Å². The van der Waals surface area contributed by atoms with Crippen LogP contribution in [0.5, 0.6) is 0 Å². The van der Waals surface area contributed by atoms with Gasteiger partial charge >= 0.3 is 0 Å². The van der Waals surface area contributed by atoms with Gasteiger partial charge in [-0.15, -0.1) is 12.7 Å². The third-order valence-electron chi connectivity index (χ3n) is 0.258. The maximum absolute atomic E-state index is 3.49. The lowest BCUT2D eigenvalue weighted by molar-refractivity contribution is -0.303. The van der Waals surface area contributed by atoms with Crippen molar-refractivity contribution in [3.8, 4) is 0 Å². The standard InChI is InChI=1S/C3H8N2/c1-2-3-5-4/h2H,1,3H2,4H3. The minimum absolute atomic E-state index is 0.667. The van der Waals surface area contributed by atoms with E-state index in [-0.39, 0.29) is 0 Å². The zero-order valence-corrected chi connectivity index (χ0v) is 3.15. The van der Waals surface area contributed by atoms with Gasteiger partial charge in [-0.3, -0.25) is 0 Å². The third-order valence-corrected chi connectivity index (χ3v) is 0.258. The smallest absolute Gasteiger partial charge is 0.0895 e. The summed E-state index contributed by atoms with van der Waals surface area (Å²) in [5.41, 5.74) is 3.49. The molecule has 0 aromatic heterocycles. The number of hydrogen-bond acceptors (Lipinski definition) is 0. The highest BCUT2D eigenvalue weighted by Crippen LogP contribution is 1.63. The molecular weight excluding hydrogens is 64.0 g/mol. The van der Waals surface area contributed by atoms with Gasteiger partial charge in [-0.2, -0.15) is 0 Å². The molecule has 0 aliphatic rings. The topological polar surface area (TPSA) is 41.7 Å². The summed E-state index contributed by atoms with van der Waals surface area (Å²) in [5.74, 6) is 3.23. The largest absolute Gasteiger partial charge is 0.454 e. The molecule has 0 saturated heterocycles. The average Bonchev–Trinajstić information content (AvgIpc) is 1.41. The van der Waals surface area contributed by atoms with Crippen LogP contribution in [0.15, 0.2) is 12.7 Å². The van der Waals surface area contributed by atoms with Crippen molar-refractivity contribution in [1.82, 2.24) is 0 Å². The summed E-state index contributed by atoms with van der Waals surface area (Å²) in [6.07, 6.45) is 1.70. The first-order valence-corrected chi connectivity index (χ1v) is 1.45. The average molecular weight is 72.1 g/mol. The van der Waals surface area contributed by atoms with Gasteiger partial charge < -0.3 is 11.3 Å². The van der Waals surface area contributed by atoms with Crippen molar-refractivity contribution < 1.29 is 5.84 Å². The van der Waals surface area contributed by atoms with E-state index in [0.29, 0.717) is 6.54 Å². The van der Waals surface area contributed by atoms with Gasteiger partial charge in [-0.25, -0.2) is 0 Å². The molecule has 0 aromatic carbocycles. The van der Waals surface area contributed by atoms with Gasteiger partial charge in [-0.1, -0.05) is 6.54 Å². The molecule has 2 heteroatoms. The number of quaternary nitrogens is 1. The second-order valence-electron chi connectivity index (χ2n) is 0.695. The first-order chi connectivity index (χ1) is 2.41. The van der Waals surface area contributed by atoms with Crippen molar-refractivity contribution in [2.45, 2.75) is 0 Å². The second-order valence-corrected chi connectivity index (χ2v) is 0.695. The second kappa shape index (κ2) is 3.66. The van der Waals surface area contributed by atoms with Crippen LogP contribution < -0.4 is 5.84 Å². The van der Waals surface area contributed by atoms with E-state index in [1.807, 2.05) is 0 Å². The zero-order valence-electron chi connectivity index (χ0n) is 3.15. The Bertz CT molecular complexity index is 26.1. The van der Waals surface area contributed by atoms with E-state index in [4.69, 9.17) is 0 Å². The van der Waals surface area contributed by atoms with Crippen molar-refractivity contribution in [1.29, 1.82) is 0 Å². The van der Waals surface area contributed by atoms with E-state index in [0.717, 1.165) is 0 Å². The van der Waals surface area contributed by atoms with E-state index < -0.39 is 0 Å². The Labute approximate surface area is 31.6 Å². The molecule has 0 amide bonds. The summed E-state index contributed by atoms with van der Waals surface area (Å²) in [7, 11) is 0. The number of rotatable bonds is 2. The predicted molar refractivity (Wildman–Crippen MR) is 21.3 cm³/mol. The fraction of sp³-hybridized carbons (Fsp3) is 0.333. The Morgan fingerprint density at radius 3 is 2.60 bits per heavy atom. The van der Waals surface area contributed by atoms with Crippen molar-refractivity contribution in [3.63, 3.8) is 0 Å². The maximum Gasteiger partial charge on any atom is -0.0895 e. The molecule has 0 aliphatic carbocycles. The lowest BCUT2D eigenvalue weighted by atomic mass is 10.7. The summed E-state index contributed by atoms with van der Waals surface area (Å²) in [4.78, 5) is 0. The van der Waals surface area contributed by atoms with Gasteiger partial charge in [0.25, 0.3) is 0 Å². The Balaban J connectivity index is 2.40. The van der Waals surface area contributed by atoms with Crippen molar-refractivity contribution in [2.24, 2.45) is 0 Å². The minimum Gasteiger partial charge on any atom is -0.454 e.